The lowest BCUT2D eigenvalue weighted by Gasteiger charge is -2.16. The molecular formula is C10H10BrClFN. The minimum Gasteiger partial charge on any atom is -0.330 e. The standard InChI is InChI=1S/C10H10BrClFN/c11-9-6(12)1-2-7(13)8(9)10(5-14)3-4-10/h1-2H,3-5,14H2. The van der Waals surface area contributed by atoms with Crippen molar-refractivity contribution in [2.24, 2.45) is 5.73 Å². The lowest BCUT2D eigenvalue weighted by Crippen LogP contribution is -2.21. The lowest BCUT2D eigenvalue weighted by atomic mass is 9.96. The Labute approximate surface area is 95.6 Å². The molecule has 1 fully saturated rings. The highest BCUT2D eigenvalue weighted by atomic mass is 79.9. The van der Waals surface area contributed by atoms with Crippen LogP contribution in [0.15, 0.2) is 16.6 Å². The topological polar surface area (TPSA) is 26.0 Å². The van der Waals surface area contributed by atoms with Gasteiger partial charge in [0.25, 0.3) is 0 Å². The highest BCUT2D eigenvalue weighted by Crippen LogP contribution is 2.51. The first-order valence-corrected chi connectivity index (χ1v) is 5.62. The van der Waals surface area contributed by atoms with E-state index in [9.17, 15) is 4.39 Å². The van der Waals surface area contributed by atoms with Crippen molar-refractivity contribution in [1.29, 1.82) is 0 Å². The molecule has 0 aliphatic heterocycles. The van der Waals surface area contributed by atoms with E-state index in [1.807, 2.05) is 0 Å². The summed E-state index contributed by atoms with van der Waals surface area (Å²) in [6, 6.07) is 2.95. The van der Waals surface area contributed by atoms with E-state index in [2.05, 4.69) is 15.9 Å². The quantitative estimate of drug-likeness (QED) is 0.826. The molecule has 2 N–H and O–H groups in total. The Hall–Kier alpha value is -0.120. The zero-order chi connectivity index (χ0) is 10.3. The van der Waals surface area contributed by atoms with Crippen molar-refractivity contribution in [2.75, 3.05) is 6.54 Å². The third-order valence-corrected chi connectivity index (χ3v) is 4.19. The maximum Gasteiger partial charge on any atom is 0.128 e. The Morgan fingerprint density at radius 3 is 2.64 bits per heavy atom. The summed E-state index contributed by atoms with van der Waals surface area (Å²) >= 11 is 9.24. The van der Waals surface area contributed by atoms with E-state index in [0.29, 0.717) is 21.6 Å². The first-order valence-electron chi connectivity index (χ1n) is 4.45. The first kappa shape index (κ1) is 10.4. The number of hydrogen-bond donors (Lipinski definition) is 1. The van der Waals surface area contributed by atoms with Gasteiger partial charge in [-0.2, -0.15) is 0 Å². The van der Waals surface area contributed by atoms with Gasteiger partial charge in [0.15, 0.2) is 0 Å². The molecule has 1 aliphatic carbocycles. The molecular weight excluding hydrogens is 268 g/mol. The van der Waals surface area contributed by atoms with Crippen molar-refractivity contribution >= 4 is 27.5 Å². The molecule has 2 rings (SSSR count). The van der Waals surface area contributed by atoms with Crippen molar-refractivity contribution in [3.63, 3.8) is 0 Å². The molecule has 1 aromatic carbocycles. The Bertz CT molecular complexity index is 377. The van der Waals surface area contributed by atoms with Crippen molar-refractivity contribution in [1.82, 2.24) is 0 Å². The third kappa shape index (κ3) is 1.47. The fourth-order valence-corrected chi connectivity index (χ4v) is 2.62. The van der Waals surface area contributed by atoms with Crippen LogP contribution in [0.25, 0.3) is 0 Å². The van der Waals surface area contributed by atoms with E-state index >= 15 is 0 Å². The minimum absolute atomic E-state index is 0.173. The summed E-state index contributed by atoms with van der Waals surface area (Å²) in [6.07, 6.45) is 1.89. The molecule has 0 saturated heterocycles. The van der Waals surface area contributed by atoms with Gasteiger partial charge in [-0.1, -0.05) is 11.6 Å². The van der Waals surface area contributed by atoms with Gasteiger partial charge in [0.1, 0.15) is 5.82 Å². The molecule has 1 aromatic rings. The molecule has 0 radical (unpaired) electrons. The highest BCUT2D eigenvalue weighted by molar-refractivity contribution is 9.10. The number of hydrogen-bond acceptors (Lipinski definition) is 1. The van der Waals surface area contributed by atoms with Crippen LogP contribution in [0.4, 0.5) is 4.39 Å². The molecule has 76 valence electrons. The van der Waals surface area contributed by atoms with Crippen LogP contribution in [-0.2, 0) is 5.41 Å². The van der Waals surface area contributed by atoms with E-state index in [4.69, 9.17) is 17.3 Å². The summed E-state index contributed by atoms with van der Waals surface area (Å²) < 4.78 is 14.3. The van der Waals surface area contributed by atoms with E-state index in [1.165, 1.54) is 6.07 Å². The summed E-state index contributed by atoms with van der Waals surface area (Å²) in [4.78, 5) is 0. The molecule has 1 saturated carbocycles. The van der Waals surface area contributed by atoms with Crippen molar-refractivity contribution < 1.29 is 4.39 Å². The van der Waals surface area contributed by atoms with Crippen molar-refractivity contribution in [2.45, 2.75) is 18.3 Å². The summed E-state index contributed by atoms with van der Waals surface area (Å²) in [5.41, 5.74) is 6.13. The third-order valence-electron chi connectivity index (χ3n) is 2.82. The number of halogens is 3. The first-order chi connectivity index (χ1) is 6.60. The maximum absolute atomic E-state index is 13.6. The van der Waals surface area contributed by atoms with Crippen LogP contribution in [0, 0.1) is 5.82 Å². The van der Waals surface area contributed by atoms with Crippen LogP contribution in [0.2, 0.25) is 5.02 Å². The number of benzene rings is 1. The Balaban J connectivity index is 2.57. The molecule has 0 bridgehead atoms. The van der Waals surface area contributed by atoms with Crippen LogP contribution in [0.1, 0.15) is 18.4 Å². The summed E-state index contributed by atoms with van der Waals surface area (Å²) in [7, 11) is 0. The molecule has 4 heteroatoms. The van der Waals surface area contributed by atoms with Gasteiger partial charge in [0.05, 0.1) is 5.02 Å². The van der Waals surface area contributed by atoms with E-state index in [-0.39, 0.29) is 11.2 Å². The second-order valence-electron chi connectivity index (χ2n) is 3.70. The molecule has 0 unspecified atom stereocenters. The van der Waals surface area contributed by atoms with Gasteiger partial charge < -0.3 is 5.73 Å². The molecule has 1 aliphatic rings. The molecule has 1 nitrogen and oxygen atoms in total. The Morgan fingerprint density at radius 2 is 2.14 bits per heavy atom. The zero-order valence-corrected chi connectivity index (χ0v) is 9.83. The SMILES string of the molecule is NCC1(c2c(F)ccc(Cl)c2Br)CC1. The average Bonchev–Trinajstić information content (AvgIpc) is 2.93. The summed E-state index contributed by atoms with van der Waals surface area (Å²) in [5.74, 6) is -0.218. The van der Waals surface area contributed by atoms with E-state index in [0.717, 1.165) is 12.8 Å². The maximum atomic E-state index is 13.6. The fraction of sp³-hybridized carbons (Fsp3) is 0.400. The molecule has 0 aromatic heterocycles. The fourth-order valence-electron chi connectivity index (χ4n) is 1.72. The van der Waals surface area contributed by atoms with Gasteiger partial charge in [-0.05, 0) is 40.9 Å². The number of nitrogens with two attached hydrogens (primary N) is 1. The largest absolute Gasteiger partial charge is 0.330 e. The van der Waals surface area contributed by atoms with E-state index in [1.54, 1.807) is 6.07 Å². The van der Waals surface area contributed by atoms with Gasteiger partial charge in [-0.3, -0.25) is 0 Å². The van der Waals surface area contributed by atoms with Crippen LogP contribution in [0.5, 0.6) is 0 Å². The Morgan fingerprint density at radius 1 is 1.50 bits per heavy atom. The Kier molecular flexibility index (Phi) is 2.58. The van der Waals surface area contributed by atoms with Gasteiger partial charge in [-0.15, -0.1) is 0 Å². The lowest BCUT2D eigenvalue weighted by molar-refractivity contribution is 0.570. The monoisotopic (exact) mass is 277 g/mol. The van der Waals surface area contributed by atoms with Gasteiger partial charge in [0, 0.05) is 22.0 Å². The molecule has 14 heavy (non-hydrogen) atoms. The van der Waals surface area contributed by atoms with Crippen LogP contribution < -0.4 is 5.73 Å². The van der Waals surface area contributed by atoms with Crippen LogP contribution >= 0.6 is 27.5 Å². The average molecular weight is 279 g/mol. The summed E-state index contributed by atoms with van der Waals surface area (Å²) in [5, 5.41) is 0.543. The highest BCUT2D eigenvalue weighted by Gasteiger charge is 2.46. The predicted molar refractivity (Wildman–Crippen MR) is 59.1 cm³/mol. The molecule has 0 spiro atoms. The smallest absolute Gasteiger partial charge is 0.128 e. The second kappa shape index (κ2) is 3.47. The predicted octanol–water partition coefficient (Wildman–Crippen LogP) is 3.23. The zero-order valence-electron chi connectivity index (χ0n) is 7.49. The molecule has 0 heterocycles. The van der Waals surface area contributed by atoms with Gasteiger partial charge >= 0.3 is 0 Å². The van der Waals surface area contributed by atoms with Gasteiger partial charge in [-0.25, -0.2) is 4.39 Å². The summed E-state index contributed by atoms with van der Waals surface area (Å²) in [6.45, 7) is 0.475. The van der Waals surface area contributed by atoms with Crippen LogP contribution in [-0.4, -0.2) is 6.54 Å². The number of rotatable bonds is 2. The normalized spacial score (nSPS) is 18.3. The van der Waals surface area contributed by atoms with Gasteiger partial charge in [0.2, 0.25) is 0 Å². The molecule has 0 amide bonds. The van der Waals surface area contributed by atoms with Crippen molar-refractivity contribution in [3.8, 4) is 0 Å². The van der Waals surface area contributed by atoms with Crippen molar-refractivity contribution in [3.05, 3.63) is 33.0 Å². The molecule has 0 atom stereocenters. The minimum atomic E-state index is -0.218. The van der Waals surface area contributed by atoms with Crippen LogP contribution in [0.3, 0.4) is 0 Å². The van der Waals surface area contributed by atoms with E-state index < -0.39 is 0 Å². The second-order valence-corrected chi connectivity index (χ2v) is 4.90.